The third kappa shape index (κ3) is 3.97. The van der Waals surface area contributed by atoms with Gasteiger partial charge in [0.25, 0.3) is 5.91 Å². The number of hydrazone groups is 1. The summed E-state index contributed by atoms with van der Waals surface area (Å²) in [5.74, 6) is -0.331. The second-order valence-electron chi connectivity index (χ2n) is 3.87. The first kappa shape index (κ1) is 14.9. The maximum absolute atomic E-state index is 11.8. The molecule has 0 aliphatic rings. The molecule has 0 saturated carbocycles. The lowest BCUT2D eigenvalue weighted by atomic mass is 10.2. The Morgan fingerprint density at radius 3 is 2.30 bits per heavy atom. The van der Waals surface area contributed by atoms with Gasteiger partial charge in [0.2, 0.25) is 0 Å². The van der Waals surface area contributed by atoms with E-state index in [9.17, 15) is 4.79 Å². The normalized spacial score (nSPS) is 10.8. The average Bonchev–Trinajstić information content (AvgIpc) is 2.42. The Kier molecular flexibility index (Phi) is 5.01. The predicted molar refractivity (Wildman–Crippen MR) is 83.0 cm³/mol. The van der Waals surface area contributed by atoms with Crippen LogP contribution in [0.1, 0.15) is 15.9 Å². The first-order chi connectivity index (χ1) is 9.56. The van der Waals surface area contributed by atoms with Crippen molar-refractivity contribution in [3.8, 4) is 0 Å². The molecule has 2 aromatic rings. The van der Waals surface area contributed by atoms with Crippen LogP contribution in [-0.2, 0) is 0 Å². The van der Waals surface area contributed by atoms with Crippen LogP contribution < -0.4 is 5.43 Å². The minimum absolute atomic E-state index is 0.331. The molecular weight excluding hydrogens is 319 g/mol. The number of hydrogen-bond acceptors (Lipinski definition) is 2. The molecule has 0 aliphatic heterocycles. The summed E-state index contributed by atoms with van der Waals surface area (Å²) in [5.41, 5.74) is 3.53. The van der Waals surface area contributed by atoms with Crippen molar-refractivity contribution in [1.29, 1.82) is 0 Å². The van der Waals surface area contributed by atoms with Crippen LogP contribution in [0.2, 0.25) is 15.1 Å². The maximum Gasteiger partial charge on any atom is 0.271 e. The van der Waals surface area contributed by atoms with Crippen LogP contribution in [0.4, 0.5) is 0 Å². The predicted octanol–water partition coefficient (Wildman–Crippen LogP) is 4.41. The van der Waals surface area contributed by atoms with Crippen LogP contribution in [0.5, 0.6) is 0 Å². The molecule has 102 valence electrons. The van der Waals surface area contributed by atoms with Crippen LogP contribution >= 0.6 is 34.8 Å². The summed E-state index contributed by atoms with van der Waals surface area (Å²) < 4.78 is 0. The number of hydrogen-bond donors (Lipinski definition) is 1. The summed E-state index contributed by atoms with van der Waals surface area (Å²) in [6.45, 7) is 0. The Hall–Kier alpha value is -1.55. The van der Waals surface area contributed by atoms with E-state index in [0.717, 1.165) is 0 Å². The van der Waals surface area contributed by atoms with Crippen LogP contribution in [0.15, 0.2) is 47.6 Å². The molecule has 1 amide bonds. The van der Waals surface area contributed by atoms with Gasteiger partial charge in [-0.05, 0) is 36.4 Å². The summed E-state index contributed by atoms with van der Waals surface area (Å²) in [6.07, 6.45) is 1.45. The maximum atomic E-state index is 11.8. The van der Waals surface area contributed by atoms with E-state index in [1.54, 1.807) is 42.5 Å². The van der Waals surface area contributed by atoms with Gasteiger partial charge in [-0.1, -0.05) is 40.9 Å². The number of carbonyl (C=O) groups excluding carboxylic acids is 1. The van der Waals surface area contributed by atoms with Gasteiger partial charge in [-0.25, -0.2) is 5.43 Å². The fourth-order valence-electron chi connectivity index (χ4n) is 1.43. The van der Waals surface area contributed by atoms with Crippen molar-refractivity contribution in [3.05, 3.63) is 68.7 Å². The average molecular weight is 328 g/mol. The largest absolute Gasteiger partial charge is 0.271 e. The zero-order chi connectivity index (χ0) is 14.5. The molecule has 3 nitrogen and oxygen atoms in total. The molecule has 0 spiro atoms. The van der Waals surface area contributed by atoms with Gasteiger partial charge in [0.1, 0.15) is 0 Å². The van der Waals surface area contributed by atoms with E-state index in [2.05, 4.69) is 10.5 Å². The lowest BCUT2D eigenvalue weighted by Gasteiger charge is -2.01. The van der Waals surface area contributed by atoms with Crippen molar-refractivity contribution in [2.45, 2.75) is 0 Å². The lowest BCUT2D eigenvalue weighted by Crippen LogP contribution is -2.17. The highest BCUT2D eigenvalue weighted by atomic mass is 35.5. The number of benzene rings is 2. The number of rotatable bonds is 3. The molecule has 2 rings (SSSR count). The number of nitrogens with one attached hydrogen (secondary N) is 1. The van der Waals surface area contributed by atoms with Crippen molar-refractivity contribution >= 4 is 46.9 Å². The Balaban J connectivity index is 2.02. The molecule has 6 heteroatoms. The Bertz CT molecular complexity index is 654. The molecule has 0 aromatic heterocycles. The van der Waals surface area contributed by atoms with Gasteiger partial charge in [-0.3, -0.25) is 4.79 Å². The van der Waals surface area contributed by atoms with E-state index in [-0.39, 0.29) is 5.91 Å². The standard InChI is InChI=1S/C14H9Cl3N2O/c15-11-4-1-9(2-5-11)14(20)19-18-8-10-3-6-12(16)7-13(10)17/h1-8H,(H,19,20)/b18-8+. The van der Waals surface area contributed by atoms with Gasteiger partial charge >= 0.3 is 0 Å². The lowest BCUT2D eigenvalue weighted by molar-refractivity contribution is 0.0955. The van der Waals surface area contributed by atoms with E-state index in [1.165, 1.54) is 6.21 Å². The van der Waals surface area contributed by atoms with Gasteiger partial charge in [-0.2, -0.15) is 5.10 Å². The highest BCUT2D eigenvalue weighted by Crippen LogP contribution is 2.19. The van der Waals surface area contributed by atoms with Gasteiger partial charge in [0.05, 0.1) is 11.2 Å². The topological polar surface area (TPSA) is 41.5 Å². The molecule has 20 heavy (non-hydrogen) atoms. The van der Waals surface area contributed by atoms with Crippen molar-refractivity contribution in [2.24, 2.45) is 5.10 Å². The van der Waals surface area contributed by atoms with Crippen LogP contribution in [0.25, 0.3) is 0 Å². The molecule has 0 atom stereocenters. The van der Waals surface area contributed by atoms with Gasteiger partial charge in [-0.15, -0.1) is 0 Å². The van der Waals surface area contributed by atoms with Crippen molar-refractivity contribution in [2.75, 3.05) is 0 Å². The molecule has 0 radical (unpaired) electrons. The first-order valence-corrected chi connectivity index (χ1v) is 6.73. The number of nitrogens with zero attached hydrogens (tertiary/aromatic N) is 1. The van der Waals surface area contributed by atoms with Crippen LogP contribution in [-0.4, -0.2) is 12.1 Å². The molecule has 2 aromatic carbocycles. The minimum Gasteiger partial charge on any atom is -0.267 e. The number of amides is 1. The van der Waals surface area contributed by atoms with Crippen molar-refractivity contribution < 1.29 is 4.79 Å². The molecule has 0 bridgehead atoms. The third-order valence-electron chi connectivity index (χ3n) is 2.44. The Morgan fingerprint density at radius 1 is 1.00 bits per heavy atom. The summed E-state index contributed by atoms with van der Waals surface area (Å²) in [7, 11) is 0. The summed E-state index contributed by atoms with van der Waals surface area (Å²) >= 11 is 17.5. The molecule has 0 heterocycles. The molecule has 0 aliphatic carbocycles. The van der Waals surface area contributed by atoms with E-state index in [4.69, 9.17) is 34.8 Å². The molecule has 0 fully saturated rings. The summed E-state index contributed by atoms with van der Waals surface area (Å²) in [6, 6.07) is 11.5. The van der Waals surface area contributed by atoms with Crippen molar-refractivity contribution in [1.82, 2.24) is 5.43 Å². The van der Waals surface area contributed by atoms with Gasteiger partial charge in [0.15, 0.2) is 0 Å². The monoisotopic (exact) mass is 326 g/mol. The second kappa shape index (κ2) is 6.75. The summed E-state index contributed by atoms with van der Waals surface area (Å²) in [4.78, 5) is 11.8. The highest BCUT2D eigenvalue weighted by molar-refractivity contribution is 6.36. The first-order valence-electron chi connectivity index (χ1n) is 5.60. The fraction of sp³-hybridized carbons (Fsp3) is 0. The molecule has 0 saturated heterocycles. The molecule has 1 N–H and O–H groups in total. The third-order valence-corrected chi connectivity index (χ3v) is 3.25. The Morgan fingerprint density at radius 2 is 1.65 bits per heavy atom. The smallest absolute Gasteiger partial charge is 0.267 e. The second-order valence-corrected chi connectivity index (χ2v) is 5.15. The molecule has 0 unspecified atom stereocenters. The number of carbonyl (C=O) groups is 1. The zero-order valence-corrected chi connectivity index (χ0v) is 12.4. The Labute approximate surface area is 131 Å². The van der Waals surface area contributed by atoms with Crippen LogP contribution in [0, 0.1) is 0 Å². The van der Waals surface area contributed by atoms with Gasteiger partial charge in [0, 0.05) is 21.2 Å². The summed E-state index contributed by atoms with van der Waals surface area (Å²) in [5, 5.41) is 5.41. The van der Waals surface area contributed by atoms with Gasteiger partial charge < -0.3 is 0 Å². The quantitative estimate of drug-likeness (QED) is 0.658. The van der Waals surface area contributed by atoms with E-state index >= 15 is 0 Å². The fourth-order valence-corrected chi connectivity index (χ4v) is 2.02. The van der Waals surface area contributed by atoms with Crippen LogP contribution in [0.3, 0.4) is 0 Å². The SMILES string of the molecule is O=C(N/N=C/c1ccc(Cl)cc1Cl)c1ccc(Cl)cc1. The van der Waals surface area contributed by atoms with E-state index < -0.39 is 0 Å². The van der Waals surface area contributed by atoms with Crippen molar-refractivity contribution in [3.63, 3.8) is 0 Å². The minimum atomic E-state index is -0.331. The zero-order valence-electron chi connectivity index (χ0n) is 10.1. The van der Waals surface area contributed by atoms with E-state index in [1.807, 2.05) is 0 Å². The number of halogens is 3. The highest BCUT2D eigenvalue weighted by Gasteiger charge is 2.03. The van der Waals surface area contributed by atoms with E-state index in [0.29, 0.717) is 26.2 Å². The molecular formula is C14H9Cl3N2O.